The molecule has 8 heteroatoms. The molecule has 29 heavy (non-hydrogen) atoms. The number of carbonyl (C=O) groups excluding carboxylic acids is 2. The molecular formula is C21H33N3O4S. The minimum atomic E-state index is -3.67. The zero-order valence-electron chi connectivity index (χ0n) is 18.1. The van der Waals surface area contributed by atoms with E-state index in [0.29, 0.717) is 38.0 Å². The van der Waals surface area contributed by atoms with Crippen molar-refractivity contribution in [3.05, 3.63) is 29.8 Å². The Labute approximate surface area is 174 Å². The summed E-state index contributed by atoms with van der Waals surface area (Å²) in [6.07, 6.45) is 0.983. The van der Waals surface area contributed by atoms with Crippen LogP contribution in [0.5, 0.6) is 0 Å². The molecule has 1 amide bonds. The van der Waals surface area contributed by atoms with Crippen LogP contribution in [0.2, 0.25) is 0 Å². The first kappa shape index (κ1) is 23.5. The van der Waals surface area contributed by atoms with Crippen molar-refractivity contribution < 1.29 is 18.0 Å². The third-order valence-corrected chi connectivity index (χ3v) is 7.08. The number of sulfonamides is 1. The van der Waals surface area contributed by atoms with E-state index in [1.807, 2.05) is 14.1 Å². The van der Waals surface area contributed by atoms with E-state index < -0.39 is 10.0 Å². The quantitative estimate of drug-likeness (QED) is 0.646. The average Bonchev–Trinajstić information content (AvgIpc) is 2.65. The maximum absolute atomic E-state index is 12.9. The highest BCUT2D eigenvalue weighted by atomic mass is 32.2. The van der Waals surface area contributed by atoms with E-state index in [1.165, 1.54) is 23.4 Å². The summed E-state index contributed by atoms with van der Waals surface area (Å²) in [5.74, 6) is -0.359. The second kappa shape index (κ2) is 9.36. The molecule has 1 fully saturated rings. The minimum absolute atomic E-state index is 0.00699. The van der Waals surface area contributed by atoms with Gasteiger partial charge in [0.1, 0.15) is 0 Å². The molecule has 1 aromatic carbocycles. The first-order valence-corrected chi connectivity index (χ1v) is 11.4. The molecule has 0 radical (unpaired) electrons. The molecule has 0 unspecified atom stereocenters. The fourth-order valence-electron chi connectivity index (χ4n) is 3.77. The Morgan fingerprint density at radius 3 is 2.38 bits per heavy atom. The number of carbonyl (C=O) groups is 2. The Morgan fingerprint density at radius 2 is 1.83 bits per heavy atom. The summed E-state index contributed by atoms with van der Waals surface area (Å²) in [6, 6.07) is 6.12. The average molecular weight is 424 g/mol. The fourth-order valence-corrected chi connectivity index (χ4v) is 5.28. The van der Waals surface area contributed by atoms with E-state index in [1.54, 1.807) is 12.1 Å². The highest BCUT2D eigenvalue weighted by Gasteiger charge is 2.32. The largest absolute Gasteiger partial charge is 0.355 e. The summed E-state index contributed by atoms with van der Waals surface area (Å²) >= 11 is 0. The number of Topliss-reactive ketones (excluding diaryl/α,β-unsaturated/α-hetero) is 1. The standard InChI is InChI=1S/C21H33N3O4S/c1-16(25)18-7-6-8-19(13-18)29(27,28)24-11-9-17(10-12-24)20(26)22-14-21(2,3)15-23(4)5/h6-8,13,17H,9-12,14-15H2,1-5H3,(H,22,26). The van der Waals surface area contributed by atoms with Gasteiger partial charge in [0.15, 0.2) is 5.78 Å². The molecule has 0 saturated carbocycles. The SMILES string of the molecule is CC(=O)c1cccc(S(=O)(=O)N2CCC(C(=O)NCC(C)(C)CN(C)C)CC2)c1. The third kappa shape index (κ3) is 6.35. The van der Waals surface area contributed by atoms with Crippen molar-refractivity contribution in [3.63, 3.8) is 0 Å². The summed E-state index contributed by atoms with van der Waals surface area (Å²) in [7, 11) is 0.339. The molecule has 7 nitrogen and oxygen atoms in total. The van der Waals surface area contributed by atoms with Gasteiger partial charge >= 0.3 is 0 Å². The molecule has 1 aromatic rings. The third-order valence-electron chi connectivity index (χ3n) is 5.19. The number of nitrogens with zero attached hydrogens (tertiary/aromatic N) is 2. The lowest BCUT2D eigenvalue weighted by Crippen LogP contribution is -2.46. The predicted molar refractivity (Wildman–Crippen MR) is 113 cm³/mol. The molecule has 2 rings (SSSR count). The van der Waals surface area contributed by atoms with Crippen molar-refractivity contribution >= 4 is 21.7 Å². The molecule has 0 spiro atoms. The molecule has 162 valence electrons. The number of benzene rings is 1. The highest BCUT2D eigenvalue weighted by Crippen LogP contribution is 2.25. The van der Waals surface area contributed by atoms with Crippen molar-refractivity contribution in [3.8, 4) is 0 Å². The fraction of sp³-hybridized carbons (Fsp3) is 0.619. The summed E-state index contributed by atoms with van der Waals surface area (Å²) in [5, 5.41) is 3.03. The van der Waals surface area contributed by atoms with Crippen LogP contribution in [0.4, 0.5) is 0 Å². The summed E-state index contributed by atoms with van der Waals surface area (Å²) in [4.78, 5) is 26.3. The second-order valence-electron chi connectivity index (χ2n) is 8.88. The second-order valence-corrected chi connectivity index (χ2v) is 10.8. The van der Waals surface area contributed by atoms with Crippen LogP contribution in [0.25, 0.3) is 0 Å². The van der Waals surface area contributed by atoms with Crippen LogP contribution in [0.15, 0.2) is 29.2 Å². The Morgan fingerprint density at radius 1 is 1.21 bits per heavy atom. The number of hydrogen-bond acceptors (Lipinski definition) is 5. The van der Waals surface area contributed by atoms with Crippen molar-refractivity contribution in [1.82, 2.24) is 14.5 Å². The first-order valence-electron chi connectivity index (χ1n) is 9.96. The molecule has 0 bridgehead atoms. The Kier molecular flexibility index (Phi) is 7.59. The minimum Gasteiger partial charge on any atom is -0.355 e. The van der Waals surface area contributed by atoms with Crippen molar-refractivity contribution in [1.29, 1.82) is 0 Å². The van der Waals surface area contributed by atoms with E-state index in [9.17, 15) is 18.0 Å². The van der Waals surface area contributed by atoms with Crippen LogP contribution in [0, 0.1) is 11.3 Å². The summed E-state index contributed by atoms with van der Waals surface area (Å²) < 4.78 is 27.2. The molecular weight excluding hydrogens is 390 g/mol. The van der Waals surface area contributed by atoms with E-state index in [-0.39, 0.29) is 27.9 Å². The van der Waals surface area contributed by atoms with Gasteiger partial charge in [0.2, 0.25) is 15.9 Å². The highest BCUT2D eigenvalue weighted by molar-refractivity contribution is 7.89. The molecule has 1 aliphatic heterocycles. The van der Waals surface area contributed by atoms with Crippen molar-refractivity contribution in [2.75, 3.05) is 40.3 Å². The van der Waals surface area contributed by atoms with Crippen LogP contribution < -0.4 is 5.32 Å². The lowest BCUT2D eigenvalue weighted by Gasteiger charge is -2.32. The number of nitrogens with one attached hydrogen (secondary N) is 1. The van der Waals surface area contributed by atoms with Gasteiger partial charge in [0.25, 0.3) is 0 Å². The normalized spacial score (nSPS) is 16.8. The number of piperidine rings is 1. The molecule has 1 aliphatic rings. The Bertz CT molecular complexity index is 841. The summed E-state index contributed by atoms with van der Waals surface area (Å²) in [6.45, 7) is 7.67. The maximum atomic E-state index is 12.9. The van der Waals surface area contributed by atoms with Gasteiger partial charge < -0.3 is 10.2 Å². The zero-order chi connectivity index (χ0) is 21.8. The number of ketones is 1. The van der Waals surface area contributed by atoms with Gasteiger partial charge in [-0.3, -0.25) is 9.59 Å². The monoisotopic (exact) mass is 423 g/mol. The van der Waals surface area contributed by atoms with Crippen LogP contribution >= 0.6 is 0 Å². The van der Waals surface area contributed by atoms with Crippen LogP contribution in [-0.2, 0) is 14.8 Å². The number of rotatable bonds is 8. The molecule has 0 atom stereocenters. The van der Waals surface area contributed by atoms with E-state index in [2.05, 4.69) is 24.1 Å². The Hall–Kier alpha value is -1.77. The van der Waals surface area contributed by atoms with Crippen molar-refractivity contribution in [2.45, 2.75) is 38.5 Å². The van der Waals surface area contributed by atoms with Crippen LogP contribution in [0.3, 0.4) is 0 Å². The number of amides is 1. The maximum Gasteiger partial charge on any atom is 0.243 e. The zero-order valence-corrected chi connectivity index (χ0v) is 18.9. The van der Waals surface area contributed by atoms with Crippen LogP contribution in [0.1, 0.15) is 44.0 Å². The van der Waals surface area contributed by atoms with Crippen LogP contribution in [-0.4, -0.2) is 69.6 Å². The van der Waals surface area contributed by atoms with Gasteiger partial charge in [-0.2, -0.15) is 4.31 Å². The molecule has 1 N–H and O–H groups in total. The molecule has 1 saturated heterocycles. The van der Waals surface area contributed by atoms with Gasteiger partial charge in [-0.1, -0.05) is 26.0 Å². The van der Waals surface area contributed by atoms with E-state index in [4.69, 9.17) is 0 Å². The van der Waals surface area contributed by atoms with Gasteiger partial charge in [-0.05, 0) is 51.4 Å². The number of hydrogen-bond donors (Lipinski definition) is 1. The molecule has 1 heterocycles. The van der Waals surface area contributed by atoms with E-state index >= 15 is 0 Å². The lowest BCUT2D eigenvalue weighted by molar-refractivity contribution is -0.126. The predicted octanol–water partition coefficient (Wildman–Crippen LogP) is 1.99. The van der Waals surface area contributed by atoms with E-state index in [0.717, 1.165) is 6.54 Å². The molecule has 0 aromatic heterocycles. The van der Waals surface area contributed by atoms with Gasteiger partial charge in [0.05, 0.1) is 4.90 Å². The van der Waals surface area contributed by atoms with Gasteiger partial charge in [-0.15, -0.1) is 0 Å². The lowest BCUT2D eigenvalue weighted by atomic mass is 9.91. The smallest absolute Gasteiger partial charge is 0.243 e. The first-order chi connectivity index (χ1) is 13.4. The van der Waals surface area contributed by atoms with Crippen molar-refractivity contribution in [2.24, 2.45) is 11.3 Å². The molecule has 0 aliphatic carbocycles. The van der Waals surface area contributed by atoms with Gasteiger partial charge in [0, 0.05) is 37.7 Å². The van der Waals surface area contributed by atoms with Gasteiger partial charge in [-0.25, -0.2) is 8.42 Å². The topological polar surface area (TPSA) is 86.8 Å². The Balaban J connectivity index is 1.95. The summed E-state index contributed by atoms with van der Waals surface area (Å²) in [5.41, 5.74) is 0.339.